The molecule has 0 amide bonds. The Labute approximate surface area is 149 Å². The SMILES string of the molecule is CCCCCCCCCCC/C=C/CC(COCC(O)CO)OC. The summed E-state index contributed by atoms with van der Waals surface area (Å²) in [5.74, 6) is 0. The lowest BCUT2D eigenvalue weighted by molar-refractivity contribution is -0.0345. The van der Waals surface area contributed by atoms with Gasteiger partial charge in [-0.1, -0.05) is 70.4 Å². The minimum absolute atomic E-state index is 0.00950. The number of hydrogen-bond donors (Lipinski definition) is 2. The van der Waals surface area contributed by atoms with E-state index >= 15 is 0 Å². The van der Waals surface area contributed by atoms with Crippen molar-refractivity contribution in [3.63, 3.8) is 0 Å². The lowest BCUT2D eigenvalue weighted by atomic mass is 10.1. The van der Waals surface area contributed by atoms with E-state index in [4.69, 9.17) is 14.6 Å². The van der Waals surface area contributed by atoms with Gasteiger partial charge in [-0.15, -0.1) is 0 Å². The molecule has 24 heavy (non-hydrogen) atoms. The van der Waals surface area contributed by atoms with Gasteiger partial charge in [0.1, 0.15) is 6.10 Å². The molecular weight excluding hydrogens is 304 g/mol. The van der Waals surface area contributed by atoms with Crippen LogP contribution < -0.4 is 0 Å². The van der Waals surface area contributed by atoms with Crippen LogP contribution in [0.15, 0.2) is 12.2 Å². The monoisotopic (exact) mass is 344 g/mol. The molecule has 0 radical (unpaired) electrons. The fourth-order valence-corrected chi connectivity index (χ4v) is 2.56. The zero-order chi connectivity index (χ0) is 17.9. The summed E-state index contributed by atoms with van der Waals surface area (Å²) in [6, 6.07) is 0. The first-order valence-electron chi connectivity index (χ1n) is 9.79. The lowest BCUT2D eigenvalue weighted by Gasteiger charge is -2.15. The maximum Gasteiger partial charge on any atom is 0.100 e. The van der Waals surface area contributed by atoms with Crippen molar-refractivity contribution in [2.24, 2.45) is 0 Å². The fraction of sp³-hybridized carbons (Fsp3) is 0.900. The Hall–Kier alpha value is -0.420. The van der Waals surface area contributed by atoms with Crippen LogP contribution in [0.3, 0.4) is 0 Å². The minimum atomic E-state index is -0.801. The molecule has 144 valence electrons. The molecule has 0 aliphatic rings. The molecule has 0 heterocycles. The first kappa shape index (κ1) is 23.6. The number of methoxy groups -OCH3 is 1. The largest absolute Gasteiger partial charge is 0.394 e. The van der Waals surface area contributed by atoms with Crippen LogP contribution in [0, 0.1) is 0 Å². The Kier molecular flexibility index (Phi) is 18.6. The number of hydrogen-bond acceptors (Lipinski definition) is 4. The van der Waals surface area contributed by atoms with Gasteiger partial charge in [0.2, 0.25) is 0 Å². The third kappa shape index (κ3) is 16.4. The fourth-order valence-electron chi connectivity index (χ4n) is 2.56. The van der Waals surface area contributed by atoms with Crippen LogP contribution in [0.4, 0.5) is 0 Å². The summed E-state index contributed by atoms with van der Waals surface area (Å²) < 4.78 is 10.7. The van der Waals surface area contributed by atoms with Crippen LogP contribution in [0.5, 0.6) is 0 Å². The summed E-state index contributed by atoms with van der Waals surface area (Å²) in [4.78, 5) is 0. The molecule has 0 bridgehead atoms. The lowest BCUT2D eigenvalue weighted by Crippen LogP contribution is -2.24. The predicted octanol–water partition coefficient (Wildman–Crippen LogP) is 4.24. The van der Waals surface area contributed by atoms with Crippen LogP contribution in [-0.4, -0.2) is 49.4 Å². The average molecular weight is 345 g/mol. The van der Waals surface area contributed by atoms with Gasteiger partial charge in [-0.2, -0.15) is 0 Å². The van der Waals surface area contributed by atoms with Crippen LogP contribution in [0.1, 0.15) is 77.6 Å². The van der Waals surface area contributed by atoms with E-state index in [0.29, 0.717) is 6.61 Å². The van der Waals surface area contributed by atoms with Crippen LogP contribution >= 0.6 is 0 Å². The van der Waals surface area contributed by atoms with Crippen LogP contribution in [0.25, 0.3) is 0 Å². The van der Waals surface area contributed by atoms with E-state index in [9.17, 15) is 5.11 Å². The van der Waals surface area contributed by atoms with Gasteiger partial charge < -0.3 is 19.7 Å². The predicted molar refractivity (Wildman–Crippen MR) is 100 cm³/mol. The Morgan fingerprint density at radius 3 is 2.08 bits per heavy atom. The summed E-state index contributed by atoms with van der Waals surface area (Å²) in [5.41, 5.74) is 0. The third-order valence-corrected chi connectivity index (χ3v) is 4.20. The summed E-state index contributed by atoms with van der Waals surface area (Å²) in [7, 11) is 1.67. The van der Waals surface area contributed by atoms with Gasteiger partial charge >= 0.3 is 0 Å². The number of ether oxygens (including phenoxy) is 2. The van der Waals surface area contributed by atoms with Crippen molar-refractivity contribution in [3.8, 4) is 0 Å². The first-order valence-corrected chi connectivity index (χ1v) is 9.79. The Morgan fingerprint density at radius 1 is 0.875 bits per heavy atom. The Balaban J connectivity index is 3.42. The van der Waals surface area contributed by atoms with Gasteiger partial charge in [-0.3, -0.25) is 0 Å². The van der Waals surface area contributed by atoms with E-state index < -0.39 is 6.10 Å². The number of allylic oxidation sites excluding steroid dienone is 1. The molecule has 2 unspecified atom stereocenters. The molecule has 0 aliphatic carbocycles. The molecule has 0 fully saturated rings. The molecule has 0 spiro atoms. The molecule has 0 saturated carbocycles. The van der Waals surface area contributed by atoms with Gasteiger partial charge in [0, 0.05) is 7.11 Å². The second-order valence-corrected chi connectivity index (χ2v) is 6.56. The van der Waals surface area contributed by atoms with Gasteiger partial charge in [0.25, 0.3) is 0 Å². The normalized spacial score (nSPS) is 14.3. The quantitative estimate of drug-likeness (QED) is 0.288. The van der Waals surface area contributed by atoms with Crippen molar-refractivity contribution in [2.75, 3.05) is 26.9 Å². The van der Waals surface area contributed by atoms with E-state index in [1.807, 2.05) is 0 Å². The molecule has 0 aromatic carbocycles. The Morgan fingerprint density at radius 2 is 1.50 bits per heavy atom. The number of unbranched alkanes of at least 4 members (excludes halogenated alkanes) is 9. The molecule has 0 aromatic rings. The molecule has 0 aromatic heterocycles. The molecule has 0 saturated heterocycles. The van der Waals surface area contributed by atoms with E-state index in [0.717, 1.165) is 12.8 Å². The highest BCUT2D eigenvalue weighted by Gasteiger charge is 2.07. The first-order chi connectivity index (χ1) is 11.7. The number of aliphatic hydroxyl groups excluding tert-OH is 2. The van der Waals surface area contributed by atoms with E-state index in [1.54, 1.807) is 7.11 Å². The van der Waals surface area contributed by atoms with E-state index in [1.165, 1.54) is 57.8 Å². The van der Waals surface area contributed by atoms with Crippen molar-refractivity contribution in [1.29, 1.82) is 0 Å². The van der Waals surface area contributed by atoms with E-state index in [2.05, 4.69) is 19.1 Å². The average Bonchev–Trinajstić information content (AvgIpc) is 2.60. The number of rotatable bonds is 18. The van der Waals surface area contributed by atoms with Crippen LogP contribution in [-0.2, 0) is 9.47 Å². The van der Waals surface area contributed by atoms with Crippen molar-refractivity contribution in [1.82, 2.24) is 0 Å². The molecule has 4 heteroatoms. The summed E-state index contributed by atoms with van der Waals surface area (Å²) in [6.07, 6.45) is 17.8. The maximum absolute atomic E-state index is 9.20. The van der Waals surface area contributed by atoms with Crippen molar-refractivity contribution in [2.45, 2.75) is 89.8 Å². The highest BCUT2D eigenvalue weighted by Crippen LogP contribution is 2.11. The summed E-state index contributed by atoms with van der Waals surface area (Å²) >= 11 is 0. The Bertz CT molecular complexity index is 268. The van der Waals surface area contributed by atoms with Gasteiger partial charge in [-0.05, 0) is 19.3 Å². The molecule has 0 rings (SSSR count). The van der Waals surface area contributed by atoms with Crippen molar-refractivity contribution in [3.05, 3.63) is 12.2 Å². The number of aliphatic hydroxyl groups is 2. The third-order valence-electron chi connectivity index (χ3n) is 4.20. The zero-order valence-corrected chi connectivity index (χ0v) is 15.9. The molecular formula is C20H40O4. The second-order valence-electron chi connectivity index (χ2n) is 6.56. The van der Waals surface area contributed by atoms with Gasteiger partial charge in [0.15, 0.2) is 0 Å². The van der Waals surface area contributed by atoms with E-state index in [-0.39, 0.29) is 19.3 Å². The van der Waals surface area contributed by atoms with Crippen molar-refractivity contribution >= 4 is 0 Å². The maximum atomic E-state index is 9.20. The standard InChI is InChI=1S/C20H40O4/c1-3-4-5-6-7-8-9-10-11-12-13-14-15-20(23-2)18-24-17-19(22)16-21/h13-14,19-22H,3-12,15-18H2,1-2H3/b14-13+. The highest BCUT2D eigenvalue weighted by molar-refractivity contribution is 4.84. The molecule has 4 nitrogen and oxygen atoms in total. The summed E-state index contributed by atoms with van der Waals surface area (Å²) in [6.45, 7) is 2.59. The molecule has 2 N–H and O–H groups in total. The molecule has 0 aliphatic heterocycles. The minimum Gasteiger partial charge on any atom is -0.394 e. The highest BCUT2D eigenvalue weighted by atomic mass is 16.5. The molecule has 2 atom stereocenters. The smallest absolute Gasteiger partial charge is 0.100 e. The second kappa shape index (κ2) is 18.9. The zero-order valence-electron chi connectivity index (χ0n) is 15.9. The topological polar surface area (TPSA) is 58.9 Å². The van der Waals surface area contributed by atoms with Gasteiger partial charge in [-0.25, -0.2) is 0 Å². The van der Waals surface area contributed by atoms with Crippen molar-refractivity contribution < 1.29 is 19.7 Å². The summed E-state index contributed by atoms with van der Waals surface area (Å²) in [5, 5.41) is 17.9. The van der Waals surface area contributed by atoms with Gasteiger partial charge in [0.05, 0.1) is 25.9 Å². The van der Waals surface area contributed by atoms with Crippen LogP contribution in [0.2, 0.25) is 0 Å².